The predicted octanol–water partition coefficient (Wildman–Crippen LogP) is 4.33. The molecule has 0 aliphatic rings. The van der Waals surface area contributed by atoms with E-state index in [1.54, 1.807) is 17.5 Å². The largest absolute Gasteiger partial charge is 0.388 e. The van der Waals surface area contributed by atoms with Crippen molar-refractivity contribution in [2.45, 2.75) is 12.5 Å². The van der Waals surface area contributed by atoms with Crippen molar-refractivity contribution in [2.75, 3.05) is 0 Å². The summed E-state index contributed by atoms with van der Waals surface area (Å²) in [5.41, 5.74) is 1.86. The zero-order valence-corrected chi connectivity index (χ0v) is 12.5. The molecule has 0 radical (unpaired) electrons. The van der Waals surface area contributed by atoms with Crippen LogP contribution in [0.5, 0.6) is 0 Å². The number of aliphatic hydroxyl groups is 1. The minimum Gasteiger partial charge on any atom is -0.388 e. The molecule has 0 saturated heterocycles. The molecule has 0 aliphatic carbocycles. The molecule has 0 fully saturated rings. The van der Waals surface area contributed by atoms with Gasteiger partial charge in [-0.2, -0.15) is 0 Å². The molecular weight excluding hydrogens is 322 g/mol. The van der Waals surface area contributed by atoms with Gasteiger partial charge in [0.2, 0.25) is 0 Å². The average molecular weight is 334 g/mol. The van der Waals surface area contributed by atoms with Crippen LogP contribution in [-0.2, 0) is 6.42 Å². The highest BCUT2D eigenvalue weighted by Crippen LogP contribution is 2.30. The highest BCUT2D eigenvalue weighted by atomic mass is 79.9. The van der Waals surface area contributed by atoms with Gasteiger partial charge in [-0.05, 0) is 45.1 Å². The van der Waals surface area contributed by atoms with Gasteiger partial charge in [-0.15, -0.1) is 11.3 Å². The van der Waals surface area contributed by atoms with Gasteiger partial charge in [0.1, 0.15) is 0 Å². The lowest BCUT2D eigenvalue weighted by Gasteiger charge is -2.12. The zero-order valence-electron chi connectivity index (χ0n) is 10.1. The second kappa shape index (κ2) is 5.41. The monoisotopic (exact) mass is 333 g/mol. The molecular formula is C15H12BrNOS. The molecule has 1 unspecified atom stereocenters. The molecule has 0 spiro atoms. The van der Waals surface area contributed by atoms with Crippen LogP contribution < -0.4 is 0 Å². The van der Waals surface area contributed by atoms with Crippen LogP contribution in [0.15, 0.2) is 52.4 Å². The third kappa shape index (κ3) is 2.56. The van der Waals surface area contributed by atoms with Crippen LogP contribution in [0.25, 0.3) is 10.9 Å². The van der Waals surface area contributed by atoms with Crippen LogP contribution in [0.1, 0.15) is 16.5 Å². The minimum atomic E-state index is -0.511. The highest BCUT2D eigenvalue weighted by Gasteiger charge is 2.14. The quantitative estimate of drug-likeness (QED) is 0.773. The van der Waals surface area contributed by atoms with E-state index in [4.69, 9.17) is 0 Å². The van der Waals surface area contributed by atoms with E-state index in [0.717, 1.165) is 25.8 Å². The first kappa shape index (κ1) is 12.8. The van der Waals surface area contributed by atoms with Crippen molar-refractivity contribution in [3.05, 3.63) is 62.9 Å². The second-order valence-corrected chi connectivity index (χ2v) is 6.18. The molecule has 3 aromatic rings. The molecule has 0 amide bonds. The summed E-state index contributed by atoms with van der Waals surface area (Å²) in [6, 6.07) is 11.8. The summed E-state index contributed by atoms with van der Waals surface area (Å²) in [5, 5.41) is 13.5. The van der Waals surface area contributed by atoms with Crippen LogP contribution in [0, 0.1) is 0 Å². The number of rotatable bonds is 3. The van der Waals surface area contributed by atoms with Gasteiger partial charge >= 0.3 is 0 Å². The van der Waals surface area contributed by atoms with Gasteiger partial charge in [0, 0.05) is 27.4 Å². The van der Waals surface area contributed by atoms with Crippen molar-refractivity contribution in [1.82, 2.24) is 4.98 Å². The van der Waals surface area contributed by atoms with Crippen molar-refractivity contribution in [3.63, 3.8) is 0 Å². The average Bonchev–Trinajstić information content (AvgIpc) is 2.83. The van der Waals surface area contributed by atoms with E-state index in [2.05, 4.69) is 20.9 Å². The number of fused-ring (bicyclic) bond motifs is 1. The van der Waals surface area contributed by atoms with Crippen molar-refractivity contribution < 1.29 is 5.11 Å². The van der Waals surface area contributed by atoms with Crippen molar-refractivity contribution in [3.8, 4) is 0 Å². The van der Waals surface area contributed by atoms with Gasteiger partial charge in [0.15, 0.2) is 0 Å². The molecule has 3 rings (SSSR count). The number of benzene rings is 1. The summed E-state index contributed by atoms with van der Waals surface area (Å²) in [5.74, 6) is 0. The van der Waals surface area contributed by atoms with Crippen LogP contribution in [0.2, 0.25) is 0 Å². The number of hydrogen-bond acceptors (Lipinski definition) is 3. The molecule has 2 nitrogen and oxygen atoms in total. The fourth-order valence-corrected chi connectivity index (χ4v) is 3.72. The molecule has 96 valence electrons. The summed E-state index contributed by atoms with van der Waals surface area (Å²) < 4.78 is 1.06. The Morgan fingerprint density at radius 1 is 1.21 bits per heavy atom. The van der Waals surface area contributed by atoms with Gasteiger partial charge in [0.25, 0.3) is 0 Å². The van der Waals surface area contributed by atoms with Crippen molar-refractivity contribution in [1.29, 1.82) is 0 Å². The second-order valence-electron chi connectivity index (χ2n) is 4.33. The van der Waals surface area contributed by atoms with Gasteiger partial charge < -0.3 is 5.11 Å². The molecule has 0 saturated carbocycles. The lowest BCUT2D eigenvalue weighted by Crippen LogP contribution is -2.02. The summed E-state index contributed by atoms with van der Waals surface area (Å²) >= 11 is 5.16. The van der Waals surface area contributed by atoms with Gasteiger partial charge in [-0.3, -0.25) is 4.98 Å². The minimum absolute atomic E-state index is 0.511. The summed E-state index contributed by atoms with van der Waals surface area (Å²) in [6.07, 6.45) is 1.86. The number of para-hydroxylation sites is 1. The Balaban J connectivity index is 1.98. The van der Waals surface area contributed by atoms with Crippen molar-refractivity contribution in [2.24, 2.45) is 0 Å². The maximum absolute atomic E-state index is 10.5. The third-order valence-corrected chi connectivity index (χ3v) is 5.06. The molecule has 1 N–H and O–H groups in total. The first-order valence-electron chi connectivity index (χ1n) is 5.99. The molecule has 2 aromatic heterocycles. The topological polar surface area (TPSA) is 33.1 Å². The maximum atomic E-state index is 10.5. The normalized spacial score (nSPS) is 12.7. The molecule has 2 heterocycles. The molecule has 1 aromatic carbocycles. The Hall–Kier alpha value is -1.23. The van der Waals surface area contributed by atoms with Gasteiger partial charge in [-0.25, -0.2) is 0 Å². The molecule has 4 heteroatoms. The summed E-state index contributed by atoms with van der Waals surface area (Å²) in [6.45, 7) is 0. The molecule has 0 bridgehead atoms. The number of pyridine rings is 1. The third-order valence-electron chi connectivity index (χ3n) is 3.11. The predicted molar refractivity (Wildman–Crippen MR) is 82.4 cm³/mol. The van der Waals surface area contributed by atoms with E-state index in [1.807, 2.05) is 41.8 Å². The smallest absolute Gasteiger partial charge is 0.0845 e. The number of aliphatic hydroxyl groups excluding tert-OH is 1. The first-order valence-corrected chi connectivity index (χ1v) is 7.66. The Morgan fingerprint density at radius 2 is 2.05 bits per heavy atom. The van der Waals surface area contributed by atoms with Gasteiger partial charge in [0.05, 0.1) is 11.6 Å². The van der Waals surface area contributed by atoms with E-state index < -0.39 is 6.10 Å². The van der Waals surface area contributed by atoms with E-state index in [0.29, 0.717) is 6.42 Å². The fourth-order valence-electron chi connectivity index (χ4n) is 2.16. The van der Waals surface area contributed by atoms with E-state index in [1.165, 1.54) is 0 Å². The summed E-state index contributed by atoms with van der Waals surface area (Å²) in [4.78, 5) is 5.48. The van der Waals surface area contributed by atoms with Gasteiger partial charge in [-0.1, -0.05) is 18.2 Å². The van der Waals surface area contributed by atoms with E-state index in [9.17, 15) is 5.11 Å². The number of aromatic nitrogens is 1. The highest BCUT2D eigenvalue weighted by molar-refractivity contribution is 9.10. The standard InChI is InChI=1S/C15H12BrNOS/c16-12-6-8-19-15(12)9-14(18)11-5-7-17-13-4-2-1-3-10(11)13/h1-8,14,18H,9H2. The zero-order chi connectivity index (χ0) is 13.2. The Kier molecular flexibility index (Phi) is 3.64. The number of thiophene rings is 1. The van der Waals surface area contributed by atoms with Crippen LogP contribution in [-0.4, -0.2) is 10.1 Å². The first-order chi connectivity index (χ1) is 9.25. The van der Waals surface area contributed by atoms with Crippen LogP contribution >= 0.6 is 27.3 Å². The summed E-state index contributed by atoms with van der Waals surface area (Å²) in [7, 11) is 0. The van der Waals surface area contributed by atoms with Crippen LogP contribution in [0.4, 0.5) is 0 Å². The fraction of sp³-hybridized carbons (Fsp3) is 0.133. The van der Waals surface area contributed by atoms with Crippen LogP contribution in [0.3, 0.4) is 0 Å². The van der Waals surface area contributed by atoms with E-state index >= 15 is 0 Å². The lowest BCUT2D eigenvalue weighted by molar-refractivity contribution is 0.181. The van der Waals surface area contributed by atoms with Crippen molar-refractivity contribution >= 4 is 38.2 Å². The molecule has 1 atom stereocenters. The lowest BCUT2D eigenvalue weighted by atomic mass is 10.0. The SMILES string of the molecule is OC(Cc1sccc1Br)c1ccnc2ccccc12. The molecule has 0 aliphatic heterocycles. The van der Waals surface area contributed by atoms with E-state index in [-0.39, 0.29) is 0 Å². The number of halogens is 1. The molecule has 19 heavy (non-hydrogen) atoms. The number of hydrogen-bond donors (Lipinski definition) is 1. The Bertz CT molecular complexity index is 705. The maximum Gasteiger partial charge on any atom is 0.0845 e. The Morgan fingerprint density at radius 3 is 2.84 bits per heavy atom. The number of nitrogens with zero attached hydrogens (tertiary/aromatic N) is 1. The Labute approximate surface area is 123 Å².